The molecule has 0 saturated carbocycles. The zero-order valence-corrected chi connectivity index (χ0v) is 11.7. The van der Waals surface area contributed by atoms with Gasteiger partial charge in [0.25, 0.3) is 0 Å². The fourth-order valence-corrected chi connectivity index (χ4v) is 2.35. The number of hydrogen-bond acceptors (Lipinski definition) is 3. The fraction of sp³-hybridized carbons (Fsp3) is 0.250. The lowest BCUT2D eigenvalue weighted by molar-refractivity contribution is 0.0949. The van der Waals surface area contributed by atoms with Crippen molar-refractivity contribution in [1.29, 1.82) is 0 Å². The van der Waals surface area contributed by atoms with Crippen LogP contribution in [0.2, 0.25) is 0 Å². The summed E-state index contributed by atoms with van der Waals surface area (Å²) in [4.78, 5) is 12.2. The molecule has 0 saturated heterocycles. The van der Waals surface area contributed by atoms with Gasteiger partial charge in [-0.3, -0.25) is 4.79 Å². The summed E-state index contributed by atoms with van der Waals surface area (Å²) in [7, 11) is 1.57. The molecule has 1 aromatic heterocycles. The van der Waals surface area contributed by atoms with Gasteiger partial charge in [-0.05, 0) is 31.3 Å². The Balaban J connectivity index is 2.37. The fourth-order valence-electron chi connectivity index (χ4n) is 1.73. The van der Waals surface area contributed by atoms with E-state index in [0.29, 0.717) is 11.1 Å². The normalized spacial score (nSPS) is 13.8. The molecule has 2 aromatic rings. The highest BCUT2D eigenvalue weighted by Gasteiger charge is 2.37. The predicted octanol–water partition coefficient (Wildman–Crippen LogP) is 3.57. The van der Waals surface area contributed by atoms with Crippen LogP contribution in [0.4, 0.5) is 0 Å². The number of halogens is 3. The van der Waals surface area contributed by atoms with Crippen LogP contribution in [0.5, 0.6) is 0 Å². The first kappa shape index (κ1) is 13.7. The molecule has 1 N–H and O–H groups in total. The average Bonchev–Trinajstić information content (AvgIpc) is 2.74. The van der Waals surface area contributed by atoms with Crippen LogP contribution in [0.15, 0.2) is 34.9 Å². The largest absolute Gasteiger partial charge is 0.464 e. The summed E-state index contributed by atoms with van der Waals surface area (Å²) >= 11 is 17.3. The Morgan fingerprint density at radius 1 is 1.33 bits per heavy atom. The molecule has 6 heteroatoms. The highest BCUT2D eigenvalue weighted by Crippen LogP contribution is 2.32. The van der Waals surface area contributed by atoms with Gasteiger partial charge in [-0.15, -0.1) is 0 Å². The molecule has 3 nitrogen and oxygen atoms in total. The third-order valence-corrected chi connectivity index (χ3v) is 3.27. The molecule has 0 fully saturated rings. The first-order valence-corrected chi connectivity index (χ1v) is 6.32. The number of alkyl halides is 3. The molecule has 1 unspecified atom stereocenters. The van der Waals surface area contributed by atoms with E-state index >= 15 is 0 Å². The lowest BCUT2D eigenvalue weighted by Crippen LogP contribution is -2.44. The number of carbonyl (C=O) groups is 1. The number of Topliss-reactive ketones (excluding diaryl/α,β-unsaturated/α-hetero) is 1. The maximum absolute atomic E-state index is 12.2. The quantitative estimate of drug-likeness (QED) is 0.696. The summed E-state index contributed by atoms with van der Waals surface area (Å²) in [6, 6.07) is 5.95. The highest BCUT2D eigenvalue weighted by molar-refractivity contribution is 6.69. The number of rotatable bonds is 3. The molecule has 0 radical (unpaired) electrons. The van der Waals surface area contributed by atoms with Crippen molar-refractivity contribution in [3.05, 3.63) is 36.1 Å². The van der Waals surface area contributed by atoms with Crippen LogP contribution >= 0.6 is 34.8 Å². The second kappa shape index (κ2) is 5.10. The van der Waals surface area contributed by atoms with Gasteiger partial charge in [0.2, 0.25) is 3.79 Å². The lowest BCUT2D eigenvalue weighted by atomic mass is 10.0. The summed E-state index contributed by atoms with van der Waals surface area (Å²) in [5.74, 6) is -0.277. The van der Waals surface area contributed by atoms with Crippen molar-refractivity contribution < 1.29 is 9.21 Å². The summed E-state index contributed by atoms with van der Waals surface area (Å²) in [5.41, 5.74) is 1.18. The number of likely N-dealkylation sites (N-methyl/N-ethyl adjacent to an activating group) is 1. The van der Waals surface area contributed by atoms with Gasteiger partial charge < -0.3 is 9.73 Å². The highest BCUT2D eigenvalue weighted by atomic mass is 35.6. The zero-order valence-electron chi connectivity index (χ0n) is 9.41. The monoisotopic (exact) mass is 305 g/mol. The minimum absolute atomic E-state index is 0.277. The SMILES string of the molecule is CNC(C(=O)c1ccc2occc2c1)C(Cl)(Cl)Cl. The van der Waals surface area contributed by atoms with E-state index in [-0.39, 0.29) is 5.78 Å². The van der Waals surface area contributed by atoms with E-state index in [0.717, 1.165) is 5.39 Å². The topological polar surface area (TPSA) is 42.2 Å². The number of furan rings is 1. The van der Waals surface area contributed by atoms with Crippen LogP contribution in [0.25, 0.3) is 11.0 Å². The molecule has 18 heavy (non-hydrogen) atoms. The Kier molecular flexibility index (Phi) is 3.87. The Bertz CT molecular complexity index is 574. The van der Waals surface area contributed by atoms with Gasteiger partial charge in [0.05, 0.1) is 6.26 Å². The smallest absolute Gasteiger partial charge is 0.213 e. The van der Waals surface area contributed by atoms with Crippen molar-refractivity contribution in [3.63, 3.8) is 0 Å². The van der Waals surface area contributed by atoms with Crippen LogP contribution in [0.3, 0.4) is 0 Å². The van der Waals surface area contributed by atoms with Crippen LogP contribution in [-0.2, 0) is 0 Å². The third kappa shape index (κ3) is 2.64. The van der Waals surface area contributed by atoms with Gasteiger partial charge in [0, 0.05) is 10.9 Å². The summed E-state index contributed by atoms with van der Waals surface area (Å²) in [5, 5.41) is 3.55. The minimum atomic E-state index is -1.70. The zero-order chi connectivity index (χ0) is 13.3. The van der Waals surface area contributed by atoms with Crippen molar-refractivity contribution in [1.82, 2.24) is 5.32 Å². The van der Waals surface area contributed by atoms with Gasteiger partial charge in [0.15, 0.2) is 5.78 Å². The molecule has 0 spiro atoms. The van der Waals surface area contributed by atoms with Crippen molar-refractivity contribution in [2.45, 2.75) is 9.83 Å². The van der Waals surface area contributed by atoms with Crippen LogP contribution in [0.1, 0.15) is 10.4 Å². The molecule has 2 rings (SSSR count). The van der Waals surface area contributed by atoms with Gasteiger partial charge in [-0.2, -0.15) is 0 Å². The average molecular weight is 307 g/mol. The van der Waals surface area contributed by atoms with Crippen LogP contribution in [-0.4, -0.2) is 22.7 Å². The van der Waals surface area contributed by atoms with Gasteiger partial charge >= 0.3 is 0 Å². The van der Waals surface area contributed by atoms with Crippen LogP contribution < -0.4 is 5.32 Å². The lowest BCUT2D eigenvalue weighted by Gasteiger charge is -2.22. The number of nitrogens with one attached hydrogen (secondary N) is 1. The summed E-state index contributed by atoms with van der Waals surface area (Å²) < 4.78 is 3.50. The molecule has 96 valence electrons. The molecular weight excluding hydrogens is 296 g/mol. The third-order valence-electron chi connectivity index (χ3n) is 2.62. The van der Waals surface area contributed by atoms with Crippen molar-refractivity contribution in [2.75, 3.05) is 7.05 Å². The second-order valence-corrected chi connectivity index (χ2v) is 6.17. The number of fused-ring (bicyclic) bond motifs is 1. The second-order valence-electron chi connectivity index (χ2n) is 3.80. The first-order valence-electron chi connectivity index (χ1n) is 5.19. The number of ketones is 1. The molecule has 1 aromatic carbocycles. The molecule has 0 aliphatic carbocycles. The molecular formula is C12H10Cl3NO2. The Morgan fingerprint density at radius 3 is 2.67 bits per heavy atom. The molecule has 0 aliphatic heterocycles. The summed E-state index contributed by atoms with van der Waals surface area (Å²) in [6.07, 6.45) is 1.56. The maximum Gasteiger partial charge on any atom is 0.213 e. The van der Waals surface area contributed by atoms with Gasteiger partial charge in [-0.1, -0.05) is 34.8 Å². The first-order chi connectivity index (χ1) is 8.43. The minimum Gasteiger partial charge on any atom is -0.464 e. The van der Waals surface area contributed by atoms with E-state index < -0.39 is 9.83 Å². The van der Waals surface area contributed by atoms with Gasteiger partial charge in [-0.25, -0.2) is 0 Å². The Labute approximate surface area is 119 Å². The maximum atomic E-state index is 12.2. The number of hydrogen-bond donors (Lipinski definition) is 1. The van der Waals surface area contributed by atoms with E-state index in [2.05, 4.69) is 5.32 Å². The van der Waals surface area contributed by atoms with Crippen molar-refractivity contribution in [3.8, 4) is 0 Å². The Morgan fingerprint density at radius 2 is 2.06 bits per heavy atom. The molecule has 0 bridgehead atoms. The number of benzene rings is 1. The standard InChI is InChI=1S/C12H10Cl3NO2/c1-16-11(12(13,14)15)10(17)8-2-3-9-7(6-8)4-5-18-9/h2-6,11,16H,1H3. The molecule has 0 aliphatic rings. The van der Waals surface area contributed by atoms with E-state index in [4.69, 9.17) is 39.2 Å². The van der Waals surface area contributed by atoms with E-state index in [1.807, 2.05) is 0 Å². The van der Waals surface area contributed by atoms with Crippen LogP contribution in [0, 0.1) is 0 Å². The van der Waals surface area contributed by atoms with Gasteiger partial charge in [0.1, 0.15) is 11.6 Å². The molecule has 1 atom stereocenters. The van der Waals surface area contributed by atoms with Crippen molar-refractivity contribution in [2.24, 2.45) is 0 Å². The van der Waals surface area contributed by atoms with E-state index in [1.165, 1.54) is 0 Å². The van der Waals surface area contributed by atoms with E-state index in [1.54, 1.807) is 37.6 Å². The molecule has 0 amide bonds. The summed E-state index contributed by atoms with van der Waals surface area (Å²) in [6.45, 7) is 0. The Hall–Kier alpha value is -0.740. The molecule has 1 heterocycles. The van der Waals surface area contributed by atoms with Crippen molar-refractivity contribution >= 4 is 51.6 Å². The van der Waals surface area contributed by atoms with E-state index in [9.17, 15) is 4.79 Å². The number of carbonyl (C=O) groups excluding carboxylic acids is 1. The predicted molar refractivity (Wildman–Crippen MR) is 73.7 cm³/mol.